The summed E-state index contributed by atoms with van der Waals surface area (Å²) in [6, 6.07) is 3.25. The van der Waals surface area contributed by atoms with Gasteiger partial charge in [-0.3, -0.25) is 4.79 Å². The van der Waals surface area contributed by atoms with Crippen molar-refractivity contribution >= 4 is 38.7 Å². The summed E-state index contributed by atoms with van der Waals surface area (Å²) in [4.78, 5) is 11.1. The third-order valence-electron chi connectivity index (χ3n) is 3.35. The van der Waals surface area contributed by atoms with Gasteiger partial charge in [0.05, 0.1) is 17.5 Å². The average Bonchev–Trinajstić information content (AvgIpc) is 3.03. The van der Waals surface area contributed by atoms with Crippen LogP contribution in [0, 0.1) is 0 Å². The molecule has 2 atom stereocenters. The van der Waals surface area contributed by atoms with Gasteiger partial charge in [-0.05, 0) is 12.1 Å². The summed E-state index contributed by atoms with van der Waals surface area (Å²) in [5.41, 5.74) is 0.653. The van der Waals surface area contributed by atoms with Crippen molar-refractivity contribution in [3.63, 3.8) is 0 Å². The lowest BCUT2D eigenvalue weighted by Gasteiger charge is -2.21. The number of carbonyl (C=O) groups is 1. The van der Waals surface area contributed by atoms with Crippen LogP contribution in [0.15, 0.2) is 31.8 Å². The van der Waals surface area contributed by atoms with Crippen LogP contribution in [0.5, 0.6) is 0 Å². The Bertz CT molecular complexity index is 785. The minimum atomic E-state index is -4.07. The first-order valence-corrected chi connectivity index (χ1v) is 8.22. The van der Waals surface area contributed by atoms with Crippen molar-refractivity contribution in [3.05, 3.63) is 18.2 Å². The third kappa shape index (κ3) is 2.29. The number of fused-ring (bicyclic) bond motifs is 1. The molecule has 10 heteroatoms. The summed E-state index contributed by atoms with van der Waals surface area (Å²) in [5, 5.41) is 18.7. The fraction of sp³-hybridized carbons (Fsp3) is 0.364. The Morgan fingerprint density at radius 1 is 1.38 bits per heavy atom. The summed E-state index contributed by atoms with van der Waals surface area (Å²) < 4.78 is 34.1. The monoisotopic (exact) mass is 329 g/mol. The number of hydrogen-bond donors (Lipinski definition) is 2. The minimum Gasteiger partial charge on any atom is -0.480 e. The maximum atomic E-state index is 12.7. The van der Waals surface area contributed by atoms with Crippen LogP contribution in [0.2, 0.25) is 0 Å². The molecule has 1 aromatic rings. The number of rotatable bonds is 3. The molecule has 0 aliphatic carbocycles. The molecule has 2 N–H and O–H groups in total. The zero-order valence-electron chi connectivity index (χ0n) is 10.6. The van der Waals surface area contributed by atoms with Crippen molar-refractivity contribution in [1.29, 1.82) is 0 Å². The van der Waals surface area contributed by atoms with Crippen molar-refractivity contribution < 1.29 is 23.4 Å². The molecular weight excluding hydrogens is 318 g/mol. The molecule has 112 valence electrons. The molecule has 2 aliphatic heterocycles. The van der Waals surface area contributed by atoms with E-state index in [0.29, 0.717) is 5.69 Å². The maximum Gasteiger partial charge on any atom is 0.322 e. The van der Waals surface area contributed by atoms with Crippen molar-refractivity contribution in [2.45, 2.75) is 23.5 Å². The number of benzene rings is 1. The lowest BCUT2D eigenvalue weighted by atomic mass is 10.2. The van der Waals surface area contributed by atoms with Crippen molar-refractivity contribution in [1.82, 2.24) is 4.31 Å². The number of aliphatic hydroxyl groups excluding tert-OH is 1. The van der Waals surface area contributed by atoms with Crippen molar-refractivity contribution in [2.24, 2.45) is 8.73 Å². The predicted octanol–water partition coefficient (Wildman–Crippen LogP) is 0.622. The van der Waals surface area contributed by atoms with Gasteiger partial charge in [-0.1, -0.05) is 6.07 Å². The zero-order valence-corrected chi connectivity index (χ0v) is 12.2. The van der Waals surface area contributed by atoms with E-state index in [4.69, 9.17) is 5.11 Å². The molecular formula is C11H11N3O5S2. The Morgan fingerprint density at radius 3 is 2.86 bits per heavy atom. The van der Waals surface area contributed by atoms with Gasteiger partial charge in [-0.2, -0.15) is 13.0 Å². The molecule has 1 fully saturated rings. The van der Waals surface area contributed by atoms with E-state index in [9.17, 15) is 18.3 Å². The first kappa shape index (κ1) is 14.3. The second-order valence-corrected chi connectivity index (χ2v) is 7.09. The molecule has 2 heterocycles. The number of carboxylic acid groups (broad SMARTS) is 1. The highest BCUT2D eigenvalue weighted by Gasteiger charge is 2.44. The SMILES string of the molecule is O=C(O)[C@@H]1CC(O)CN1S(=O)(=O)c1cccc2c1N=S=N2. The Morgan fingerprint density at radius 2 is 2.14 bits per heavy atom. The Balaban J connectivity index is 2.08. The van der Waals surface area contributed by atoms with Gasteiger partial charge in [0.15, 0.2) is 0 Å². The molecule has 0 saturated carbocycles. The van der Waals surface area contributed by atoms with Crippen LogP contribution in [-0.4, -0.2) is 47.6 Å². The highest BCUT2D eigenvalue weighted by molar-refractivity contribution is 7.89. The largest absolute Gasteiger partial charge is 0.480 e. The first-order valence-electron chi connectivity index (χ1n) is 6.05. The van der Waals surface area contributed by atoms with Crippen LogP contribution in [-0.2, 0) is 26.2 Å². The van der Waals surface area contributed by atoms with Crippen LogP contribution in [0.3, 0.4) is 0 Å². The van der Waals surface area contributed by atoms with Gasteiger partial charge in [0.25, 0.3) is 0 Å². The number of nitrogens with zero attached hydrogens (tertiary/aromatic N) is 3. The van der Waals surface area contributed by atoms with E-state index < -0.39 is 28.1 Å². The van der Waals surface area contributed by atoms with E-state index in [1.54, 1.807) is 6.07 Å². The second-order valence-electron chi connectivity index (χ2n) is 4.71. The molecule has 0 bridgehead atoms. The number of carboxylic acids is 1. The van der Waals surface area contributed by atoms with Gasteiger partial charge in [0, 0.05) is 13.0 Å². The lowest BCUT2D eigenvalue weighted by Crippen LogP contribution is -2.40. The molecule has 1 unspecified atom stereocenters. The predicted molar refractivity (Wildman–Crippen MR) is 73.9 cm³/mol. The van der Waals surface area contributed by atoms with Crippen LogP contribution >= 0.6 is 0 Å². The second kappa shape index (κ2) is 4.98. The van der Waals surface area contributed by atoms with E-state index >= 15 is 0 Å². The average molecular weight is 329 g/mol. The fourth-order valence-corrected chi connectivity index (χ4v) is 4.78. The van der Waals surface area contributed by atoms with Gasteiger partial charge in [-0.15, -0.1) is 0 Å². The molecule has 0 amide bonds. The molecule has 2 aliphatic rings. The third-order valence-corrected chi connectivity index (χ3v) is 5.80. The van der Waals surface area contributed by atoms with Gasteiger partial charge in [0.2, 0.25) is 10.0 Å². The smallest absolute Gasteiger partial charge is 0.322 e. The standard InChI is InChI=1S/C11H11N3O5S2/c15-6-4-8(11(16)17)14(5-6)21(18,19)9-3-1-2-7-10(9)13-20-12-7/h1-3,6,8,15H,4-5H2,(H,16,17)/t6?,8-/m0/s1. The Hall–Kier alpha value is -1.62. The van der Waals surface area contributed by atoms with Gasteiger partial charge in [0.1, 0.15) is 22.3 Å². The molecule has 3 rings (SSSR count). The van der Waals surface area contributed by atoms with Crippen LogP contribution < -0.4 is 0 Å². The fourth-order valence-electron chi connectivity index (χ4n) is 2.39. The van der Waals surface area contributed by atoms with Crippen LogP contribution in [0.1, 0.15) is 6.42 Å². The number of aliphatic carboxylic acids is 1. The number of β-amino-alcohol motifs (C(OH)–C–C–N with tert-alkyl or cyclic N) is 1. The molecule has 0 spiro atoms. The zero-order chi connectivity index (χ0) is 15.2. The minimum absolute atomic E-state index is 0.0888. The molecule has 1 saturated heterocycles. The maximum absolute atomic E-state index is 12.7. The van der Waals surface area contributed by atoms with Gasteiger partial charge >= 0.3 is 5.97 Å². The molecule has 8 nitrogen and oxygen atoms in total. The summed E-state index contributed by atoms with van der Waals surface area (Å²) in [7, 11) is -4.07. The first-order chi connectivity index (χ1) is 9.91. The van der Waals surface area contributed by atoms with E-state index in [-0.39, 0.29) is 23.5 Å². The number of hydrogen-bond acceptors (Lipinski definition) is 6. The highest BCUT2D eigenvalue weighted by Crippen LogP contribution is 2.39. The van der Waals surface area contributed by atoms with E-state index in [1.165, 1.54) is 12.1 Å². The van der Waals surface area contributed by atoms with Crippen molar-refractivity contribution in [3.8, 4) is 0 Å². The normalized spacial score (nSPS) is 24.8. The van der Waals surface area contributed by atoms with Crippen LogP contribution in [0.4, 0.5) is 11.4 Å². The summed E-state index contributed by atoms with van der Waals surface area (Å²) in [6.07, 6.45) is -1.12. The van der Waals surface area contributed by atoms with Gasteiger partial charge < -0.3 is 10.2 Å². The summed E-state index contributed by atoms with van der Waals surface area (Å²) >= 11 is 0.885. The van der Waals surface area contributed by atoms with E-state index in [2.05, 4.69) is 8.73 Å². The Kier molecular flexibility index (Phi) is 3.40. The molecule has 1 aromatic carbocycles. The lowest BCUT2D eigenvalue weighted by molar-refractivity contribution is -0.140. The van der Waals surface area contributed by atoms with Gasteiger partial charge in [-0.25, -0.2) is 8.42 Å². The Labute approximate surface area is 124 Å². The molecule has 0 radical (unpaired) electrons. The quantitative estimate of drug-likeness (QED) is 0.855. The van der Waals surface area contributed by atoms with E-state index in [0.717, 1.165) is 15.7 Å². The van der Waals surface area contributed by atoms with Crippen molar-refractivity contribution in [2.75, 3.05) is 6.54 Å². The van der Waals surface area contributed by atoms with E-state index in [1.807, 2.05) is 0 Å². The van der Waals surface area contributed by atoms with Crippen LogP contribution in [0.25, 0.3) is 0 Å². The number of sulfonamides is 1. The summed E-state index contributed by atoms with van der Waals surface area (Å²) in [5.74, 6) is -1.28. The highest BCUT2D eigenvalue weighted by atomic mass is 32.2. The molecule has 0 aromatic heterocycles. The molecule has 21 heavy (non-hydrogen) atoms. The topological polar surface area (TPSA) is 120 Å². The summed E-state index contributed by atoms with van der Waals surface area (Å²) in [6.45, 7) is -0.243. The number of aliphatic hydroxyl groups is 1.